The van der Waals surface area contributed by atoms with Crippen LogP contribution in [0.4, 0.5) is 5.69 Å². The molecule has 0 aliphatic carbocycles. The molecule has 2 aromatic carbocycles. The maximum absolute atomic E-state index is 12.5. The topological polar surface area (TPSA) is 73.0 Å². The second kappa shape index (κ2) is 9.41. The molecule has 0 saturated heterocycles. The number of nitrogens with one attached hydrogen (secondary N) is 1. The van der Waals surface area contributed by atoms with Crippen molar-refractivity contribution >= 4 is 35.0 Å². The van der Waals surface area contributed by atoms with Crippen molar-refractivity contribution in [3.8, 4) is 11.4 Å². The molecule has 0 fully saturated rings. The van der Waals surface area contributed by atoms with Crippen LogP contribution < -0.4 is 5.32 Å². The quantitative estimate of drug-likeness (QED) is 0.370. The number of carbonyl (C=O) groups excluding carboxylic acids is 1. The number of benzene rings is 2. The average Bonchev–Trinajstić information content (AvgIpc) is 3.35. The van der Waals surface area contributed by atoms with Crippen LogP contribution >= 0.6 is 23.4 Å². The Balaban J connectivity index is 1.53. The van der Waals surface area contributed by atoms with Crippen molar-refractivity contribution in [2.24, 2.45) is 0 Å². The van der Waals surface area contributed by atoms with E-state index in [0.717, 1.165) is 22.5 Å². The smallest absolute Gasteiger partial charge is 0.234 e. The number of amides is 1. The zero-order chi connectivity index (χ0) is 21.8. The molecule has 0 saturated carbocycles. The fraction of sp³-hybridized carbons (Fsp3) is 0.174. The van der Waals surface area contributed by atoms with E-state index in [1.807, 2.05) is 66.9 Å². The van der Waals surface area contributed by atoms with Crippen molar-refractivity contribution in [1.82, 2.24) is 14.8 Å². The molecule has 6 nitrogen and oxygen atoms in total. The first-order valence-electron chi connectivity index (χ1n) is 9.71. The fourth-order valence-electron chi connectivity index (χ4n) is 3.12. The number of furan rings is 1. The molecule has 0 unspecified atom stereocenters. The van der Waals surface area contributed by atoms with Crippen molar-refractivity contribution in [1.29, 1.82) is 0 Å². The number of thioether (sulfide) groups is 1. The summed E-state index contributed by atoms with van der Waals surface area (Å²) in [5.41, 5.74) is 3.63. The molecular formula is C23H21ClN4O2S. The molecule has 2 aromatic heterocycles. The highest BCUT2D eigenvalue weighted by Gasteiger charge is 2.18. The van der Waals surface area contributed by atoms with Gasteiger partial charge in [0.25, 0.3) is 0 Å². The monoisotopic (exact) mass is 452 g/mol. The van der Waals surface area contributed by atoms with Crippen LogP contribution in [0.5, 0.6) is 0 Å². The minimum absolute atomic E-state index is 0.139. The maximum atomic E-state index is 12.5. The first kappa shape index (κ1) is 21.2. The molecular weight excluding hydrogens is 432 g/mol. The Morgan fingerprint density at radius 1 is 1.13 bits per heavy atom. The van der Waals surface area contributed by atoms with Crippen molar-refractivity contribution < 1.29 is 9.21 Å². The normalized spacial score (nSPS) is 10.9. The summed E-state index contributed by atoms with van der Waals surface area (Å²) in [7, 11) is 0. The highest BCUT2D eigenvalue weighted by Crippen LogP contribution is 2.28. The Bertz CT molecular complexity index is 1200. The van der Waals surface area contributed by atoms with E-state index < -0.39 is 0 Å². The van der Waals surface area contributed by atoms with E-state index in [2.05, 4.69) is 15.5 Å². The Labute approximate surface area is 189 Å². The lowest BCUT2D eigenvalue weighted by atomic mass is 10.2. The second-order valence-electron chi connectivity index (χ2n) is 7.07. The van der Waals surface area contributed by atoms with Gasteiger partial charge in [0.1, 0.15) is 5.76 Å². The number of hydrogen-bond donors (Lipinski definition) is 1. The lowest BCUT2D eigenvalue weighted by Gasteiger charge is -2.10. The van der Waals surface area contributed by atoms with E-state index in [-0.39, 0.29) is 11.7 Å². The number of rotatable bonds is 7. The van der Waals surface area contributed by atoms with E-state index in [9.17, 15) is 4.79 Å². The highest BCUT2D eigenvalue weighted by atomic mass is 35.5. The molecule has 4 aromatic rings. The molecule has 8 heteroatoms. The van der Waals surface area contributed by atoms with Gasteiger partial charge >= 0.3 is 0 Å². The standard InChI is InChI=1S/C23H21ClN4O2S/c1-15-8-9-18(12-20(15)24)25-21(29)14-31-23-27-26-22(19-10-11-30-16(19)2)28(23)13-17-6-4-3-5-7-17/h3-12H,13-14H2,1-2H3,(H,25,29). The SMILES string of the molecule is Cc1ccc(NC(=O)CSc2nnc(-c3ccoc3C)n2Cc2ccccc2)cc1Cl. The van der Waals surface area contributed by atoms with E-state index in [4.69, 9.17) is 16.0 Å². The van der Waals surface area contributed by atoms with Crippen molar-refractivity contribution in [2.45, 2.75) is 25.5 Å². The lowest BCUT2D eigenvalue weighted by molar-refractivity contribution is -0.113. The molecule has 0 radical (unpaired) electrons. The third kappa shape index (κ3) is 5.00. The summed E-state index contributed by atoms with van der Waals surface area (Å²) in [5, 5.41) is 12.9. The van der Waals surface area contributed by atoms with Crippen LogP contribution in [0, 0.1) is 13.8 Å². The molecule has 0 aliphatic rings. The van der Waals surface area contributed by atoms with Gasteiger partial charge in [-0.15, -0.1) is 10.2 Å². The van der Waals surface area contributed by atoms with E-state index in [1.165, 1.54) is 11.8 Å². The molecule has 2 heterocycles. The predicted molar refractivity (Wildman–Crippen MR) is 124 cm³/mol. The Morgan fingerprint density at radius 3 is 2.65 bits per heavy atom. The van der Waals surface area contributed by atoms with Crippen molar-refractivity contribution in [3.63, 3.8) is 0 Å². The van der Waals surface area contributed by atoms with Crippen LogP contribution in [0.2, 0.25) is 5.02 Å². The van der Waals surface area contributed by atoms with Gasteiger partial charge in [0, 0.05) is 10.7 Å². The molecule has 1 N–H and O–H groups in total. The van der Waals surface area contributed by atoms with Crippen LogP contribution in [0.3, 0.4) is 0 Å². The third-order valence-corrected chi connectivity index (χ3v) is 6.16. The zero-order valence-corrected chi connectivity index (χ0v) is 18.7. The van der Waals surface area contributed by atoms with Gasteiger partial charge in [-0.2, -0.15) is 0 Å². The van der Waals surface area contributed by atoms with Gasteiger partial charge in [0.2, 0.25) is 5.91 Å². The number of halogens is 1. The molecule has 1 amide bonds. The van der Waals surface area contributed by atoms with Crippen LogP contribution in [0.1, 0.15) is 16.9 Å². The lowest BCUT2D eigenvalue weighted by Crippen LogP contribution is -2.15. The number of hydrogen-bond acceptors (Lipinski definition) is 5. The summed E-state index contributed by atoms with van der Waals surface area (Å²) in [6.45, 7) is 4.40. The first-order valence-corrected chi connectivity index (χ1v) is 11.1. The molecule has 4 rings (SSSR count). The van der Waals surface area contributed by atoms with Crippen LogP contribution in [0.15, 0.2) is 70.4 Å². The summed E-state index contributed by atoms with van der Waals surface area (Å²) >= 11 is 7.49. The predicted octanol–water partition coefficient (Wildman–Crippen LogP) is 5.59. The molecule has 0 atom stereocenters. The largest absolute Gasteiger partial charge is 0.469 e. The van der Waals surface area contributed by atoms with Crippen LogP contribution in [0.25, 0.3) is 11.4 Å². The van der Waals surface area contributed by atoms with Gasteiger partial charge in [-0.3, -0.25) is 9.36 Å². The molecule has 0 spiro atoms. The summed E-state index contributed by atoms with van der Waals surface area (Å²) in [5.74, 6) is 1.54. The molecule has 31 heavy (non-hydrogen) atoms. The van der Waals surface area contributed by atoms with Crippen molar-refractivity contribution in [3.05, 3.63) is 82.8 Å². The third-order valence-electron chi connectivity index (χ3n) is 4.79. The minimum atomic E-state index is -0.139. The minimum Gasteiger partial charge on any atom is -0.469 e. The van der Waals surface area contributed by atoms with Gasteiger partial charge in [-0.1, -0.05) is 59.8 Å². The fourth-order valence-corrected chi connectivity index (χ4v) is 4.04. The summed E-state index contributed by atoms with van der Waals surface area (Å²) in [6, 6.07) is 17.4. The highest BCUT2D eigenvalue weighted by molar-refractivity contribution is 7.99. The Hall–Kier alpha value is -3.03. The second-order valence-corrected chi connectivity index (χ2v) is 8.42. The van der Waals surface area contributed by atoms with E-state index in [1.54, 1.807) is 12.3 Å². The van der Waals surface area contributed by atoms with Gasteiger partial charge in [0.15, 0.2) is 11.0 Å². The van der Waals surface area contributed by atoms with Gasteiger partial charge in [-0.05, 0) is 43.2 Å². The maximum Gasteiger partial charge on any atom is 0.234 e. The van der Waals surface area contributed by atoms with Gasteiger partial charge in [0.05, 0.1) is 24.1 Å². The molecule has 0 aliphatic heterocycles. The number of aryl methyl sites for hydroxylation is 2. The van der Waals surface area contributed by atoms with E-state index >= 15 is 0 Å². The van der Waals surface area contributed by atoms with Crippen molar-refractivity contribution in [2.75, 3.05) is 11.1 Å². The molecule has 0 bridgehead atoms. The Kier molecular flexibility index (Phi) is 6.44. The first-order chi connectivity index (χ1) is 15.0. The number of aromatic nitrogens is 3. The summed E-state index contributed by atoms with van der Waals surface area (Å²) < 4.78 is 7.46. The van der Waals surface area contributed by atoms with Gasteiger partial charge in [-0.25, -0.2) is 0 Å². The van der Waals surface area contributed by atoms with Crippen LogP contribution in [-0.4, -0.2) is 26.4 Å². The van der Waals surface area contributed by atoms with Gasteiger partial charge < -0.3 is 9.73 Å². The Morgan fingerprint density at radius 2 is 1.94 bits per heavy atom. The summed E-state index contributed by atoms with van der Waals surface area (Å²) in [4.78, 5) is 12.5. The number of anilines is 1. The summed E-state index contributed by atoms with van der Waals surface area (Å²) in [6.07, 6.45) is 1.64. The van der Waals surface area contributed by atoms with Crippen LogP contribution in [-0.2, 0) is 11.3 Å². The molecule has 158 valence electrons. The number of carbonyl (C=O) groups is 1. The van der Waals surface area contributed by atoms with E-state index in [0.29, 0.717) is 28.2 Å². The zero-order valence-electron chi connectivity index (χ0n) is 17.1. The average molecular weight is 453 g/mol. The number of nitrogens with zero attached hydrogens (tertiary/aromatic N) is 3.